The van der Waals surface area contributed by atoms with Gasteiger partial charge in [-0.2, -0.15) is 0 Å². The number of hydrogen-bond acceptors (Lipinski definition) is 5. The van der Waals surface area contributed by atoms with Crippen LogP contribution in [0.1, 0.15) is 5.56 Å². The number of rotatable bonds is 2. The minimum atomic E-state index is -0.0613. The second-order valence-corrected chi connectivity index (χ2v) is 4.67. The van der Waals surface area contributed by atoms with Crippen LogP contribution in [0.3, 0.4) is 0 Å². The third kappa shape index (κ3) is 2.11. The van der Waals surface area contributed by atoms with E-state index in [0.29, 0.717) is 11.7 Å². The summed E-state index contributed by atoms with van der Waals surface area (Å²) >= 11 is 5.75. The van der Waals surface area contributed by atoms with Crippen LogP contribution in [0, 0.1) is 0 Å². The molecule has 0 aromatic carbocycles. The van der Waals surface area contributed by atoms with Crippen molar-refractivity contribution in [3.8, 4) is 0 Å². The van der Waals surface area contributed by atoms with E-state index in [-0.39, 0.29) is 5.91 Å². The zero-order valence-electron chi connectivity index (χ0n) is 9.64. The molecule has 1 N–H and O–H groups in total. The van der Waals surface area contributed by atoms with Crippen LogP contribution in [-0.2, 0) is 11.3 Å². The SMILES string of the molecule is O=C1CN2CCN(Cc3ccc(Cl)nc3)C2=NN1. The number of amides is 1. The Labute approximate surface area is 109 Å². The molecule has 1 fully saturated rings. The van der Waals surface area contributed by atoms with E-state index in [0.717, 1.165) is 31.2 Å². The van der Waals surface area contributed by atoms with Crippen LogP contribution in [0.15, 0.2) is 23.4 Å². The van der Waals surface area contributed by atoms with Crippen LogP contribution in [0.5, 0.6) is 0 Å². The summed E-state index contributed by atoms with van der Waals surface area (Å²) in [6.45, 7) is 2.78. The van der Waals surface area contributed by atoms with Gasteiger partial charge in [0.1, 0.15) is 11.7 Å². The molecule has 18 heavy (non-hydrogen) atoms. The molecule has 6 nitrogen and oxygen atoms in total. The van der Waals surface area contributed by atoms with Gasteiger partial charge in [0, 0.05) is 25.8 Å². The minimum Gasteiger partial charge on any atom is -0.335 e. The van der Waals surface area contributed by atoms with E-state index in [4.69, 9.17) is 11.6 Å². The maximum atomic E-state index is 11.2. The summed E-state index contributed by atoms with van der Waals surface area (Å²) in [5.74, 6) is 0.762. The van der Waals surface area contributed by atoms with Gasteiger partial charge in [-0.05, 0) is 11.6 Å². The summed E-state index contributed by atoms with van der Waals surface area (Å²) in [5.41, 5.74) is 3.58. The summed E-state index contributed by atoms with van der Waals surface area (Å²) in [5, 5.41) is 4.58. The molecule has 1 saturated heterocycles. The van der Waals surface area contributed by atoms with Crippen molar-refractivity contribution in [2.75, 3.05) is 19.6 Å². The van der Waals surface area contributed by atoms with Gasteiger partial charge in [0.15, 0.2) is 0 Å². The first-order valence-electron chi connectivity index (χ1n) is 5.69. The Bertz CT molecular complexity index is 501. The highest BCUT2D eigenvalue weighted by molar-refractivity contribution is 6.29. The fourth-order valence-electron chi connectivity index (χ4n) is 2.12. The summed E-state index contributed by atoms with van der Waals surface area (Å²) in [6, 6.07) is 3.72. The summed E-state index contributed by atoms with van der Waals surface area (Å²) < 4.78 is 0. The van der Waals surface area contributed by atoms with Crippen molar-refractivity contribution in [1.29, 1.82) is 0 Å². The molecule has 3 heterocycles. The van der Waals surface area contributed by atoms with Gasteiger partial charge in [-0.3, -0.25) is 4.79 Å². The van der Waals surface area contributed by atoms with Gasteiger partial charge in [0.05, 0.1) is 0 Å². The fraction of sp³-hybridized carbons (Fsp3) is 0.364. The predicted octanol–water partition coefficient (Wildman–Crippen LogP) is 0.253. The number of nitrogens with one attached hydrogen (secondary N) is 1. The molecule has 1 aromatic rings. The number of nitrogens with zero attached hydrogens (tertiary/aromatic N) is 4. The van der Waals surface area contributed by atoms with Crippen molar-refractivity contribution in [3.05, 3.63) is 29.0 Å². The predicted molar refractivity (Wildman–Crippen MR) is 66.8 cm³/mol. The number of hydrogen-bond donors (Lipinski definition) is 1. The number of aromatic nitrogens is 1. The normalized spacial score (nSPS) is 18.5. The van der Waals surface area contributed by atoms with Crippen molar-refractivity contribution >= 4 is 23.5 Å². The van der Waals surface area contributed by atoms with Gasteiger partial charge >= 0.3 is 0 Å². The molecule has 2 aliphatic rings. The Kier molecular flexibility index (Phi) is 2.79. The molecule has 0 spiro atoms. The van der Waals surface area contributed by atoms with Crippen LogP contribution in [0.2, 0.25) is 5.15 Å². The average molecular weight is 266 g/mol. The van der Waals surface area contributed by atoms with Gasteiger partial charge in [0.25, 0.3) is 5.91 Å². The molecular weight excluding hydrogens is 254 g/mol. The molecule has 3 rings (SSSR count). The summed E-state index contributed by atoms with van der Waals surface area (Å²) in [7, 11) is 0. The van der Waals surface area contributed by atoms with Gasteiger partial charge in [0.2, 0.25) is 5.96 Å². The Balaban J connectivity index is 1.74. The van der Waals surface area contributed by atoms with Crippen molar-refractivity contribution in [2.24, 2.45) is 5.10 Å². The lowest BCUT2D eigenvalue weighted by Crippen LogP contribution is -2.45. The van der Waals surface area contributed by atoms with Crippen molar-refractivity contribution < 1.29 is 4.79 Å². The molecule has 0 bridgehead atoms. The van der Waals surface area contributed by atoms with E-state index in [1.807, 2.05) is 11.0 Å². The lowest BCUT2D eigenvalue weighted by molar-refractivity contribution is -0.122. The highest BCUT2D eigenvalue weighted by Gasteiger charge is 2.30. The molecule has 0 saturated carbocycles. The van der Waals surface area contributed by atoms with E-state index < -0.39 is 0 Å². The third-order valence-corrected chi connectivity index (χ3v) is 3.21. The number of guanidine groups is 1. The number of carbonyl (C=O) groups excluding carboxylic acids is 1. The van der Waals surface area contributed by atoms with Crippen LogP contribution in [0.25, 0.3) is 0 Å². The molecule has 0 unspecified atom stereocenters. The summed E-state index contributed by atoms with van der Waals surface area (Å²) in [6.07, 6.45) is 1.76. The number of pyridine rings is 1. The van der Waals surface area contributed by atoms with Gasteiger partial charge in [-0.15, -0.1) is 5.10 Å². The maximum absolute atomic E-state index is 11.2. The van der Waals surface area contributed by atoms with Crippen molar-refractivity contribution in [2.45, 2.75) is 6.54 Å². The molecule has 1 aromatic heterocycles. The first-order valence-corrected chi connectivity index (χ1v) is 6.07. The molecule has 1 amide bonds. The fourth-order valence-corrected chi connectivity index (χ4v) is 2.24. The lowest BCUT2D eigenvalue weighted by atomic mass is 10.3. The standard InChI is InChI=1S/C11H12ClN5O/c12-9-2-1-8(5-13-9)6-16-3-4-17-7-10(18)14-15-11(16)17/h1-2,5H,3-4,6-7H2,(H,14,18). The molecule has 0 aliphatic carbocycles. The lowest BCUT2D eigenvalue weighted by Gasteiger charge is -2.25. The zero-order valence-corrected chi connectivity index (χ0v) is 10.4. The van der Waals surface area contributed by atoms with E-state index in [1.54, 1.807) is 12.3 Å². The molecule has 94 valence electrons. The van der Waals surface area contributed by atoms with Crippen molar-refractivity contribution in [3.63, 3.8) is 0 Å². The van der Waals surface area contributed by atoms with Gasteiger partial charge in [-0.1, -0.05) is 17.7 Å². The van der Waals surface area contributed by atoms with Crippen LogP contribution in [-0.4, -0.2) is 46.3 Å². The minimum absolute atomic E-state index is 0.0613. The van der Waals surface area contributed by atoms with Crippen LogP contribution in [0.4, 0.5) is 0 Å². The quantitative estimate of drug-likeness (QED) is 0.779. The Morgan fingerprint density at radius 1 is 1.39 bits per heavy atom. The zero-order chi connectivity index (χ0) is 12.5. The highest BCUT2D eigenvalue weighted by atomic mass is 35.5. The number of carbonyl (C=O) groups is 1. The van der Waals surface area contributed by atoms with E-state index >= 15 is 0 Å². The Morgan fingerprint density at radius 3 is 3.06 bits per heavy atom. The molecule has 0 atom stereocenters. The second-order valence-electron chi connectivity index (χ2n) is 4.28. The molecule has 2 aliphatic heterocycles. The summed E-state index contributed by atoms with van der Waals surface area (Å²) in [4.78, 5) is 19.3. The first kappa shape index (κ1) is 11.3. The number of fused-ring (bicyclic) bond motifs is 1. The Morgan fingerprint density at radius 2 is 2.28 bits per heavy atom. The monoisotopic (exact) mass is 265 g/mol. The van der Waals surface area contributed by atoms with Crippen molar-refractivity contribution in [1.82, 2.24) is 20.2 Å². The third-order valence-electron chi connectivity index (χ3n) is 2.98. The number of hydrazone groups is 1. The van der Waals surface area contributed by atoms with Crippen LogP contribution >= 0.6 is 11.6 Å². The highest BCUT2D eigenvalue weighted by Crippen LogP contribution is 2.15. The Hall–Kier alpha value is -1.82. The first-order chi connectivity index (χ1) is 8.72. The van der Waals surface area contributed by atoms with E-state index in [1.165, 1.54) is 0 Å². The topological polar surface area (TPSA) is 60.8 Å². The average Bonchev–Trinajstić information content (AvgIpc) is 2.74. The smallest absolute Gasteiger partial charge is 0.259 e. The largest absolute Gasteiger partial charge is 0.335 e. The molecule has 0 radical (unpaired) electrons. The van der Waals surface area contributed by atoms with E-state index in [9.17, 15) is 4.79 Å². The van der Waals surface area contributed by atoms with E-state index in [2.05, 4.69) is 20.4 Å². The second kappa shape index (κ2) is 4.45. The van der Waals surface area contributed by atoms with Crippen LogP contribution < -0.4 is 5.43 Å². The molecular formula is C11H12ClN5O. The van der Waals surface area contributed by atoms with Gasteiger partial charge < -0.3 is 9.80 Å². The number of halogens is 1. The molecule has 7 heteroatoms. The maximum Gasteiger partial charge on any atom is 0.259 e. The van der Waals surface area contributed by atoms with Gasteiger partial charge in [-0.25, -0.2) is 10.4 Å².